The van der Waals surface area contributed by atoms with Gasteiger partial charge in [-0.15, -0.1) is 10.2 Å². The van der Waals surface area contributed by atoms with E-state index in [1.807, 2.05) is 0 Å². The first-order valence-corrected chi connectivity index (χ1v) is 8.91. The van der Waals surface area contributed by atoms with Crippen LogP contribution in [-0.4, -0.2) is 33.9 Å². The van der Waals surface area contributed by atoms with Gasteiger partial charge in [0.15, 0.2) is 0 Å². The van der Waals surface area contributed by atoms with Crippen molar-refractivity contribution >= 4 is 23.7 Å². The molecule has 0 spiro atoms. The van der Waals surface area contributed by atoms with Crippen LogP contribution < -0.4 is 10.6 Å². The molecule has 1 fully saturated rings. The highest BCUT2D eigenvalue weighted by atomic mass is 32.2. The summed E-state index contributed by atoms with van der Waals surface area (Å²) in [6.45, 7) is 0. The molecule has 0 aliphatic heterocycles. The Hall–Kier alpha value is -2.42. The number of hydrogen-bond acceptors (Lipinski definition) is 6. The number of imide groups is 1. The average molecular weight is 364 g/mol. The van der Waals surface area contributed by atoms with E-state index in [0.29, 0.717) is 5.56 Å². The molecule has 1 aliphatic carbocycles. The van der Waals surface area contributed by atoms with Crippen LogP contribution in [0.2, 0.25) is 0 Å². The molecular formula is C16H17FN4O3S. The summed E-state index contributed by atoms with van der Waals surface area (Å²) in [7, 11) is 0. The zero-order valence-electron chi connectivity index (χ0n) is 13.3. The van der Waals surface area contributed by atoms with E-state index < -0.39 is 11.9 Å². The molecule has 9 heteroatoms. The zero-order valence-corrected chi connectivity index (χ0v) is 14.1. The molecule has 0 saturated heterocycles. The van der Waals surface area contributed by atoms with Gasteiger partial charge in [0, 0.05) is 11.6 Å². The van der Waals surface area contributed by atoms with Gasteiger partial charge in [-0.1, -0.05) is 24.6 Å². The van der Waals surface area contributed by atoms with Gasteiger partial charge >= 0.3 is 6.03 Å². The van der Waals surface area contributed by atoms with E-state index in [4.69, 9.17) is 4.42 Å². The maximum atomic E-state index is 12.9. The molecule has 0 unspecified atom stereocenters. The van der Waals surface area contributed by atoms with E-state index in [1.165, 1.54) is 24.3 Å². The fourth-order valence-corrected chi connectivity index (χ4v) is 3.12. The third kappa shape index (κ3) is 5.02. The van der Waals surface area contributed by atoms with Crippen LogP contribution in [0.5, 0.6) is 0 Å². The van der Waals surface area contributed by atoms with Crippen LogP contribution in [0.25, 0.3) is 11.5 Å². The number of carbonyl (C=O) groups is 2. The molecule has 1 aromatic carbocycles. The minimum absolute atomic E-state index is 0.0247. The Morgan fingerprint density at radius 2 is 1.92 bits per heavy atom. The molecule has 3 rings (SSSR count). The Morgan fingerprint density at radius 1 is 1.20 bits per heavy atom. The fraction of sp³-hybridized carbons (Fsp3) is 0.375. The second-order valence-corrected chi connectivity index (χ2v) is 6.60. The monoisotopic (exact) mass is 364 g/mol. The summed E-state index contributed by atoms with van der Waals surface area (Å²) in [5.41, 5.74) is 0.584. The Balaban J connectivity index is 1.45. The van der Waals surface area contributed by atoms with Crippen LogP contribution >= 0.6 is 11.8 Å². The van der Waals surface area contributed by atoms with Gasteiger partial charge in [-0.25, -0.2) is 9.18 Å². The first-order valence-electron chi connectivity index (χ1n) is 7.93. The Bertz CT molecular complexity index is 744. The summed E-state index contributed by atoms with van der Waals surface area (Å²) in [4.78, 5) is 23.5. The second kappa shape index (κ2) is 8.11. The predicted molar refractivity (Wildman–Crippen MR) is 89.3 cm³/mol. The number of nitrogens with one attached hydrogen (secondary N) is 2. The van der Waals surface area contributed by atoms with E-state index in [9.17, 15) is 14.0 Å². The van der Waals surface area contributed by atoms with E-state index >= 15 is 0 Å². The molecule has 25 heavy (non-hydrogen) atoms. The summed E-state index contributed by atoms with van der Waals surface area (Å²) >= 11 is 1.03. The quantitative estimate of drug-likeness (QED) is 0.792. The molecule has 1 aliphatic rings. The van der Waals surface area contributed by atoms with Crippen LogP contribution in [0.4, 0.5) is 9.18 Å². The van der Waals surface area contributed by atoms with E-state index in [-0.39, 0.29) is 28.7 Å². The smallest absolute Gasteiger partial charge is 0.321 e. The third-order valence-electron chi connectivity index (χ3n) is 3.77. The number of thioether (sulfide) groups is 1. The SMILES string of the molecule is O=C(CSc1nnc(-c2ccc(F)cc2)o1)NC(=O)NC1CCCC1. The largest absolute Gasteiger partial charge is 0.411 e. The minimum Gasteiger partial charge on any atom is -0.411 e. The van der Waals surface area contributed by atoms with Gasteiger partial charge in [0.25, 0.3) is 5.22 Å². The molecule has 1 saturated carbocycles. The van der Waals surface area contributed by atoms with Crippen molar-refractivity contribution in [3.8, 4) is 11.5 Å². The summed E-state index contributed by atoms with van der Waals surface area (Å²) in [5.74, 6) is -0.585. The van der Waals surface area contributed by atoms with Gasteiger partial charge < -0.3 is 9.73 Å². The summed E-state index contributed by atoms with van der Waals surface area (Å²) in [6.07, 6.45) is 4.10. The highest BCUT2D eigenvalue weighted by molar-refractivity contribution is 7.99. The second-order valence-electron chi connectivity index (χ2n) is 5.67. The lowest BCUT2D eigenvalue weighted by molar-refractivity contribution is -0.117. The van der Waals surface area contributed by atoms with Crippen molar-refractivity contribution in [1.29, 1.82) is 0 Å². The van der Waals surface area contributed by atoms with Crippen molar-refractivity contribution in [3.05, 3.63) is 30.1 Å². The van der Waals surface area contributed by atoms with Crippen molar-refractivity contribution in [3.63, 3.8) is 0 Å². The van der Waals surface area contributed by atoms with Crippen LogP contribution in [-0.2, 0) is 4.79 Å². The Labute approximate surface area is 147 Å². The molecule has 1 aromatic heterocycles. The topological polar surface area (TPSA) is 97.1 Å². The number of benzene rings is 1. The number of rotatable bonds is 5. The van der Waals surface area contributed by atoms with Gasteiger partial charge in [-0.3, -0.25) is 10.1 Å². The molecular weight excluding hydrogens is 347 g/mol. The molecule has 0 bridgehead atoms. The number of nitrogens with zero attached hydrogens (tertiary/aromatic N) is 2. The molecule has 2 N–H and O–H groups in total. The standard InChI is InChI=1S/C16H17FN4O3S/c17-11-7-5-10(6-8-11)14-20-21-16(24-14)25-9-13(22)19-15(23)18-12-3-1-2-4-12/h5-8,12H,1-4,9H2,(H2,18,19,22,23). The van der Waals surface area contributed by atoms with Crippen LogP contribution in [0.15, 0.2) is 33.9 Å². The molecule has 3 amide bonds. The third-order valence-corrected chi connectivity index (χ3v) is 4.59. The van der Waals surface area contributed by atoms with Crippen molar-refractivity contribution < 1.29 is 18.4 Å². The summed E-state index contributed by atoms with van der Waals surface area (Å²) < 4.78 is 18.3. The molecule has 1 heterocycles. The van der Waals surface area contributed by atoms with Gasteiger partial charge in [0.05, 0.1) is 5.75 Å². The maximum absolute atomic E-state index is 12.9. The van der Waals surface area contributed by atoms with E-state index in [0.717, 1.165) is 37.4 Å². The van der Waals surface area contributed by atoms with Crippen molar-refractivity contribution in [1.82, 2.24) is 20.8 Å². The van der Waals surface area contributed by atoms with Gasteiger partial charge in [-0.2, -0.15) is 0 Å². The molecule has 2 aromatic rings. The normalized spacial score (nSPS) is 14.4. The first kappa shape index (κ1) is 17.4. The Kier molecular flexibility index (Phi) is 5.64. The first-order chi connectivity index (χ1) is 12.1. The molecule has 7 nitrogen and oxygen atoms in total. The molecule has 0 radical (unpaired) electrons. The molecule has 132 valence electrons. The predicted octanol–water partition coefficient (Wildman–Crippen LogP) is 2.74. The lowest BCUT2D eigenvalue weighted by atomic mass is 10.2. The van der Waals surface area contributed by atoms with Crippen LogP contribution in [0.3, 0.4) is 0 Å². The summed E-state index contributed by atoms with van der Waals surface area (Å²) in [6, 6.07) is 5.31. The number of aromatic nitrogens is 2. The lowest BCUT2D eigenvalue weighted by Crippen LogP contribution is -2.44. The fourth-order valence-electron chi connectivity index (χ4n) is 2.56. The number of halogens is 1. The average Bonchev–Trinajstić information content (AvgIpc) is 3.25. The van der Waals surface area contributed by atoms with Crippen molar-refractivity contribution in [2.75, 3.05) is 5.75 Å². The van der Waals surface area contributed by atoms with Gasteiger partial charge in [0.2, 0.25) is 11.8 Å². The zero-order chi connectivity index (χ0) is 17.6. The Morgan fingerprint density at radius 3 is 2.64 bits per heavy atom. The number of hydrogen-bond donors (Lipinski definition) is 2. The highest BCUT2D eigenvalue weighted by Crippen LogP contribution is 2.23. The van der Waals surface area contributed by atoms with E-state index in [1.54, 1.807) is 0 Å². The lowest BCUT2D eigenvalue weighted by Gasteiger charge is -2.11. The summed E-state index contributed by atoms with van der Waals surface area (Å²) in [5, 5.41) is 12.9. The van der Waals surface area contributed by atoms with Crippen LogP contribution in [0, 0.1) is 5.82 Å². The van der Waals surface area contributed by atoms with E-state index in [2.05, 4.69) is 20.8 Å². The van der Waals surface area contributed by atoms with Crippen molar-refractivity contribution in [2.45, 2.75) is 36.9 Å². The number of urea groups is 1. The van der Waals surface area contributed by atoms with Gasteiger partial charge in [0.1, 0.15) is 5.82 Å². The maximum Gasteiger partial charge on any atom is 0.321 e. The van der Waals surface area contributed by atoms with Crippen LogP contribution in [0.1, 0.15) is 25.7 Å². The highest BCUT2D eigenvalue weighted by Gasteiger charge is 2.18. The number of amides is 3. The van der Waals surface area contributed by atoms with Crippen molar-refractivity contribution in [2.24, 2.45) is 0 Å². The van der Waals surface area contributed by atoms with Gasteiger partial charge in [-0.05, 0) is 37.1 Å². The minimum atomic E-state index is -0.477. The number of carbonyl (C=O) groups excluding carboxylic acids is 2. The molecule has 0 atom stereocenters.